The van der Waals surface area contributed by atoms with E-state index in [1.165, 1.54) is 4.90 Å². The van der Waals surface area contributed by atoms with Gasteiger partial charge in [0.15, 0.2) is 0 Å². The molecule has 3 aromatic rings. The van der Waals surface area contributed by atoms with Crippen molar-refractivity contribution in [3.05, 3.63) is 94.5 Å². The number of carbonyl (C=O) groups excluding carboxylic acids is 2. The van der Waals surface area contributed by atoms with E-state index in [4.69, 9.17) is 25.8 Å². The van der Waals surface area contributed by atoms with Crippen molar-refractivity contribution in [3.63, 3.8) is 0 Å². The smallest absolute Gasteiger partial charge is 0.295 e. The van der Waals surface area contributed by atoms with Gasteiger partial charge in [-0.05, 0) is 66.2 Å². The third kappa shape index (κ3) is 5.10. The number of halogens is 1. The Morgan fingerprint density at radius 3 is 1.97 bits per heavy atom. The number of ketones is 1. The summed E-state index contributed by atoms with van der Waals surface area (Å²) in [4.78, 5) is 27.6. The van der Waals surface area contributed by atoms with Crippen molar-refractivity contribution < 1.29 is 28.9 Å². The molecule has 1 heterocycles. The molecule has 1 atom stereocenters. The molecule has 1 fully saturated rings. The second-order valence-corrected chi connectivity index (χ2v) is 8.23. The molecule has 3 aromatic carbocycles. The van der Waals surface area contributed by atoms with E-state index in [0.717, 1.165) is 0 Å². The van der Waals surface area contributed by atoms with Crippen LogP contribution in [0.3, 0.4) is 0 Å². The van der Waals surface area contributed by atoms with Gasteiger partial charge in [-0.25, -0.2) is 0 Å². The minimum Gasteiger partial charge on any atom is -0.507 e. The molecule has 1 aliphatic rings. The second-order valence-electron chi connectivity index (χ2n) is 7.80. The van der Waals surface area contributed by atoms with Gasteiger partial charge in [0.1, 0.15) is 29.6 Å². The quantitative estimate of drug-likeness (QED) is 0.274. The van der Waals surface area contributed by atoms with Crippen molar-refractivity contribution in [3.8, 4) is 17.2 Å². The van der Waals surface area contributed by atoms with Gasteiger partial charge in [0.2, 0.25) is 0 Å². The number of methoxy groups -OCH3 is 2. The molecule has 0 spiro atoms. The van der Waals surface area contributed by atoms with Crippen LogP contribution in [0.25, 0.3) is 5.76 Å². The van der Waals surface area contributed by atoms with Crippen LogP contribution in [0.1, 0.15) is 17.2 Å². The fourth-order valence-electron chi connectivity index (χ4n) is 3.94. The van der Waals surface area contributed by atoms with E-state index in [2.05, 4.69) is 0 Å². The fourth-order valence-corrected chi connectivity index (χ4v) is 4.07. The van der Waals surface area contributed by atoms with Gasteiger partial charge in [-0.2, -0.15) is 0 Å². The summed E-state index contributed by atoms with van der Waals surface area (Å²) in [6.45, 7) is 0.275. The molecule has 1 saturated heterocycles. The Labute approximate surface area is 208 Å². The molecular weight excluding hydrogens is 470 g/mol. The number of ether oxygens (including phenoxy) is 3. The number of Topliss-reactive ketones (excluding diaryl/α,β-unsaturated/α-hetero) is 1. The maximum absolute atomic E-state index is 13.1. The van der Waals surface area contributed by atoms with E-state index in [0.29, 0.717) is 33.4 Å². The van der Waals surface area contributed by atoms with Crippen LogP contribution in [0.15, 0.2) is 78.4 Å². The van der Waals surface area contributed by atoms with E-state index >= 15 is 0 Å². The van der Waals surface area contributed by atoms with E-state index in [1.54, 1.807) is 87.0 Å². The first-order chi connectivity index (χ1) is 16.9. The zero-order chi connectivity index (χ0) is 24.9. The Hall–Kier alpha value is -3.97. The maximum Gasteiger partial charge on any atom is 0.295 e. The van der Waals surface area contributed by atoms with Crippen LogP contribution in [0.4, 0.5) is 0 Å². The SMILES string of the molecule is COc1ccc(OCCN2C(=O)C(=O)/C(=C(\O)c3ccc(Cl)cc3)C2c2ccc(OC)cc2)cc1. The first-order valence-electron chi connectivity index (χ1n) is 10.9. The fraction of sp³-hybridized carbons (Fsp3) is 0.185. The van der Waals surface area contributed by atoms with Gasteiger partial charge in [-0.1, -0.05) is 23.7 Å². The Morgan fingerprint density at radius 2 is 1.40 bits per heavy atom. The predicted octanol–water partition coefficient (Wildman–Crippen LogP) is 4.86. The lowest BCUT2D eigenvalue weighted by Gasteiger charge is -2.25. The van der Waals surface area contributed by atoms with Gasteiger partial charge in [-0.15, -0.1) is 0 Å². The van der Waals surface area contributed by atoms with E-state index in [1.807, 2.05) is 0 Å². The Balaban J connectivity index is 1.66. The Morgan fingerprint density at radius 1 is 0.857 bits per heavy atom. The van der Waals surface area contributed by atoms with Crippen molar-refractivity contribution in [2.45, 2.75) is 6.04 Å². The minimum atomic E-state index is -0.795. The summed E-state index contributed by atoms with van der Waals surface area (Å²) in [7, 11) is 3.13. The van der Waals surface area contributed by atoms with Crippen molar-refractivity contribution >= 4 is 29.1 Å². The van der Waals surface area contributed by atoms with Gasteiger partial charge in [0.25, 0.3) is 11.7 Å². The van der Waals surface area contributed by atoms with Crippen molar-refractivity contribution in [2.75, 3.05) is 27.4 Å². The van der Waals surface area contributed by atoms with Crippen LogP contribution < -0.4 is 14.2 Å². The highest BCUT2D eigenvalue weighted by Crippen LogP contribution is 2.39. The summed E-state index contributed by atoms with van der Waals surface area (Å²) < 4.78 is 16.2. The molecule has 7 nitrogen and oxygen atoms in total. The summed E-state index contributed by atoms with van der Waals surface area (Å²) in [5.41, 5.74) is 1.05. The lowest BCUT2D eigenvalue weighted by Crippen LogP contribution is -2.33. The molecule has 35 heavy (non-hydrogen) atoms. The third-order valence-corrected chi connectivity index (χ3v) is 6.00. The third-order valence-electron chi connectivity index (χ3n) is 5.75. The molecule has 0 bridgehead atoms. The number of hydrogen-bond donors (Lipinski definition) is 1. The Kier molecular flexibility index (Phi) is 7.27. The number of amides is 1. The zero-order valence-electron chi connectivity index (χ0n) is 19.2. The summed E-state index contributed by atoms with van der Waals surface area (Å²) in [5, 5.41) is 11.6. The van der Waals surface area contributed by atoms with Crippen LogP contribution >= 0.6 is 11.6 Å². The first-order valence-corrected chi connectivity index (χ1v) is 11.3. The van der Waals surface area contributed by atoms with E-state index in [-0.39, 0.29) is 24.5 Å². The first kappa shape index (κ1) is 24.2. The van der Waals surface area contributed by atoms with E-state index in [9.17, 15) is 14.7 Å². The summed E-state index contributed by atoms with van der Waals surface area (Å²) in [6, 6.07) is 19.7. The largest absolute Gasteiger partial charge is 0.507 e. The number of rotatable bonds is 8. The second kappa shape index (κ2) is 10.5. The van der Waals surface area contributed by atoms with Crippen molar-refractivity contribution in [1.82, 2.24) is 4.90 Å². The molecule has 8 heteroatoms. The number of likely N-dealkylation sites (tertiary alicyclic amines) is 1. The number of aliphatic hydroxyl groups excluding tert-OH is 1. The predicted molar refractivity (Wildman–Crippen MR) is 132 cm³/mol. The topological polar surface area (TPSA) is 85.3 Å². The number of nitrogens with zero attached hydrogens (tertiary/aromatic N) is 1. The van der Waals surface area contributed by atoms with Gasteiger partial charge in [0.05, 0.1) is 32.4 Å². The number of carbonyl (C=O) groups is 2. The lowest BCUT2D eigenvalue weighted by molar-refractivity contribution is -0.140. The molecule has 0 saturated carbocycles. The van der Waals surface area contributed by atoms with Gasteiger partial charge in [-0.3, -0.25) is 9.59 Å². The van der Waals surface area contributed by atoms with Gasteiger partial charge >= 0.3 is 0 Å². The number of benzene rings is 3. The van der Waals surface area contributed by atoms with E-state index < -0.39 is 17.7 Å². The highest BCUT2D eigenvalue weighted by Gasteiger charge is 2.46. The molecule has 1 amide bonds. The number of aliphatic hydroxyl groups is 1. The zero-order valence-corrected chi connectivity index (χ0v) is 20.0. The molecular formula is C27H24ClNO6. The van der Waals surface area contributed by atoms with Crippen molar-refractivity contribution in [2.24, 2.45) is 0 Å². The average molecular weight is 494 g/mol. The van der Waals surface area contributed by atoms with Crippen LogP contribution in [-0.2, 0) is 9.59 Å². The molecule has 0 radical (unpaired) electrons. The van der Waals surface area contributed by atoms with Crippen molar-refractivity contribution in [1.29, 1.82) is 0 Å². The molecule has 0 aliphatic carbocycles. The molecule has 1 N–H and O–H groups in total. The standard InChI is InChI=1S/C27H24ClNO6/c1-33-20-9-5-17(6-10-20)24-23(25(30)18-3-7-19(28)8-4-18)26(31)27(32)29(24)15-16-35-22-13-11-21(34-2)12-14-22/h3-14,24,30H,15-16H2,1-2H3/b25-23-. The maximum atomic E-state index is 13.1. The average Bonchev–Trinajstić information content (AvgIpc) is 3.14. The molecule has 0 aromatic heterocycles. The van der Waals surface area contributed by atoms with Crippen LogP contribution in [0, 0.1) is 0 Å². The van der Waals surface area contributed by atoms with Gasteiger partial charge in [0, 0.05) is 10.6 Å². The highest BCUT2D eigenvalue weighted by atomic mass is 35.5. The summed E-state index contributed by atoms with van der Waals surface area (Å²) in [5.74, 6) is 0.197. The molecule has 1 aliphatic heterocycles. The molecule has 180 valence electrons. The van der Waals surface area contributed by atoms with Gasteiger partial charge < -0.3 is 24.2 Å². The Bertz CT molecular complexity index is 1240. The van der Waals surface area contributed by atoms with Crippen LogP contribution in [0.5, 0.6) is 17.2 Å². The lowest BCUT2D eigenvalue weighted by atomic mass is 9.95. The molecule has 1 unspecified atom stereocenters. The van der Waals surface area contributed by atoms with Crippen LogP contribution in [-0.4, -0.2) is 49.1 Å². The molecule has 4 rings (SSSR count). The number of hydrogen-bond acceptors (Lipinski definition) is 6. The monoisotopic (exact) mass is 493 g/mol. The summed E-state index contributed by atoms with van der Waals surface area (Å²) >= 11 is 5.97. The van der Waals surface area contributed by atoms with Crippen LogP contribution in [0.2, 0.25) is 5.02 Å². The minimum absolute atomic E-state index is 0.00642. The summed E-state index contributed by atoms with van der Waals surface area (Å²) in [6.07, 6.45) is 0. The highest BCUT2D eigenvalue weighted by molar-refractivity contribution is 6.46. The normalized spacial score (nSPS) is 16.9.